The van der Waals surface area contributed by atoms with Gasteiger partial charge in [-0.25, -0.2) is 0 Å². The average Bonchev–Trinajstić information content (AvgIpc) is 2.44. The Morgan fingerprint density at radius 2 is 1.90 bits per heavy atom. The normalized spacial score (nSPS) is 16.2. The summed E-state index contributed by atoms with van der Waals surface area (Å²) in [5.41, 5.74) is 7.94. The van der Waals surface area contributed by atoms with Gasteiger partial charge in [-0.1, -0.05) is 26.0 Å². The SMILES string of the molecule is CC(C)CC(CN)C(=O)N1CCN(C)c2ccccc21. The number of rotatable bonds is 4. The second-order valence-electron chi connectivity index (χ2n) is 5.96. The minimum absolute atomic E-state index is 0.0773. The highest BCUT2D eigenvalue weighted by Crippen LogP contribution is 2.33. The zero-order valence-electron chi connectivity index (χ0n) is 12.7. The minimum Gasteiger partial charge on any atom is -0.371 e. The van der Waals surface area contributed by atoms with E-state index in [4.69, 9.17) is 5.73 Å². The van der Waals surface area contributed by atoms with Crippen LogP contribution in [0.15, 0.2) is 24.3 Å². The summed E-state index contributed by atoms with van der Waals surface area (Å²) in [5.74, 6) is 0.573. The van der Waals surface area contributed by atoms with Gasteiger partial charge in [-0.05, 0) is 24.5 Å². The lowest BCUT2D eigenvalue weighted by Crippen LogP contribution is -2.46. The van der Waals surface area contributed by atoms with E-state index in [1.54, 1.807) is 0 Å². The summed E-state index contributed by atoms with van der Waals surface area (Å²) in [6, 6.07) is 8.08. The van der Waals surface area contributed by atoms with Gasteiger partial charge < -0.3 is 15.5 Å². The van der Waals surface area contributed by atoms with Crippen LogP contribution < -0.4 is 15.5 Å². The molecule has 1 amide bonds. The number of fused-ring (bicyclic) bond motifs is 1. The molecular formula is C16H25N3O. The molecule has 1 aromatic rings. The number of hydrogen-bond acceptors (Lipinski definition) is 3. The maximum atomic E-state index is 12.8. The molecule has 4 heteroatoms. The van der Waals surface area contributed by atoms with Crippen LogP contribution in [0.5, 0.6) is 0 Å². The fraction of sp³-hybridized carbons (Fsp3) is 0.562. The summed E-state index contributed by atoms with van der Waals surface area (Å²) in [6.07, 6.45) is 0.851. The van der Waals surface area contributed by atoms with Crippen molar-refractivity contribution in [2.45, 2.75) is 20.3 Å². The monoisotopic (exact) mass is 275 g/mol. The Labute approximate surface area is 121 Å². The van der Waals surface area contributed by atoms with Gasteiger partial charge in [-0.3, -0.25) is 4.79 Å². The summed E-state index contributed by atoms with van der Waals surface area (Å²) in [4.78, 5) is 16.9. The van der Waals surface area contributed by atoms with Crippen molar-refractivity contribution >= 4 is 17.3 Å². The van der Waals surface area contributed by atoms with Gasteiger partial charge in [0.2, 0.25) is 5.91 Å². The largest absolute Gasteiger partial charge is 0.371 e. The summed E-state index contributed by atoms with van der Waals surface area (Å²) in [6.45, 7) is 6.29. The second kappa shape index (κ2) is 6.27. The first-order valence-corrected chi connectivity index (χ1v) is 7.36. The Morgan fingerprint density at radius 1 is 1.25 bits per heavy atom. The van der Waals surface area contributed by atoms with Crippen LogP contribution in [0.2, 0.25) is 0 Å². The molecule has 0 aromatic heterocycles. The molecule has 0 aliphatic carbocycles. The fourth-order valence-corrected chi connectivity index (χ4v) is 2.82. The van der Waals surface area contributed by atoms with Gasteiger partial charge in [0.1, 0.15) is 0 Å². The third-order valence-corrected chi connectivity index (χ3v) is 3.90. The summed E-state index contributed by atoms with van der Waals surface area (Å²) < 4.78 is 0. The molecule has 20 heavy (non-hydrogen) atoms. The van der Waals surface area contributed by atoms with E-state index in [1.165, 1.54) is 0 Å². The third kappa shape index (κ3) is 2.96. The molecule has 2 N–H and O–H groups in total. The number of carbonyl (C=O) groups excluding carboxylic acids is 1. The van der Waals surface area contributed by atoms with Crippen LogP contribution >= 0.6 is 0 Å². The maximum absolute atomic E-state index is 12.8. The molecule has 0 spiro atoms. The van der Waals surface area contributed by atoms with Crippen molar-refractivity contribution in [2.24, 2.45) is 17.6 Å². The lowest BCUT2D eigenvalue weighted by molar-refractivity contribution is -0.122. The predicted molar refractivity (Wildman–Crippen MR) is 84.1 cm³/mol. The predicted octanol–water partition coefficient (Wildman–Crippen LogP) is 2.09. The topological polar surface area (TPSA) is 49.6 Å². The summed E-state index contributed by atoms with van der Waals surface area (Å²) in [7, 11) is 2.06. The lowest BCUT2D eigenvalue weighted by Gasteiger charge is -2.37. The van der Waals surface area contributed by atoms with Crippen molar-refractivity contribution in [1.82, 2.24) is 0 Å². The van der Waals surface area contributed by atoms with E-state index < -0.39 is 0 Å². The summed E-state index contributed by atoms with van der Waals surface area (Å²) in [5, 5.41) is 0. The molecule has 0 radical (unpaired) electrons. The first-order valence-electron chi connectivity index (χ1n) is 7.36. The number of nitrogens with zero attached hydrogens (tertiary/aromatic N) is 2. The van der Waals surface area contributed by atoms with Gasteiger partial charge in [-0.2, -0.15) is 0 Å². The Balaban J connectivity index is 2.25. The molecule has 0 saturated carbocycles. The molecule has 4 nitrogen and oxygen atoms in total. The number of para-hydroxylation sites is 2. The number of nitrogens with two attached hydrogens (primary N) is 1. The number of likely N-dealkylation sites (N-methyl/N-ethyl adjacent to an activating group) is 1. The molecule has 1 unspecified atom stereocenters. The zero-order valence-corrected chi connectivity index (χ0v) is 12.7. The van der Waals surface area contributed by atoms with E-state index in [1.807, 2.05) is 23.1 Å². The van der Waals surface area contributed by atoms with Crippen LogP contribution in [-0.4, -0.2) is 32.6 Å². The molecule has 1 aliphatic rings. The molecule has 0 bridgehead atoms. The van der Waals surface area contributed by atoms with Gasteiger partial charge in [0.05, 0.1) is 17.3 Å². The van der Waals surface area contributed by atoms with Gasteiger partial charge in [-0.15, -0.1) is 0 Å². The van der Waals surface area contributed by atoms with Crippen LogP contribution in [0.4, 0.5) is 11.4 Å². The van der Waals surface area contributed by atoms with Gasteiger partial charge >= 0.3 is 0 Å². The van der Waals surface area contributed by atoms with Crippen molar-refractivity contribution in [3.63, 3.8) is 0 Å². The van der Waals surface area contributed by atoms with E-state index in [9.17, 15) is 4.79 Å². The first kappa shape index (κ1) is 14.9. The van der Waals surface area contributed by atoms with E-state index in [0.29, 0.717) is 12.5 Å². The molecule has 0 fully saturated rings. The van der Waals surface area contributed by atoms with Crippen LogP contribution in [0.25, 0.3) is 0 Å². The maximum Gasteiger partial charge on any atom is 0.231 e. The molecule has 1 heterocycles. The fourth-order valence-electron chi connectivity index (χ4n) is 2.82. The number of carbonyl (C=O) groups is 1. The molecule has 110 valence electrons. The van der Waals surface area contributed by atoms with Gasteiger partial charge in [0.15, 0.2) is 0 Å². The van der Waals surface area contributed by atoms with Crippen molar-refractivity contribution in [2.75, 3.05) is 36.5 Å². The standard InChI is InChI=1S/C16H25N3O/c1-12(2)10-13(11-17)16(20)19-9-8-18(3)14-6-4-5-7-15(14)19/h4-7,12-13H,8-11,17H2,1-3H3. The molecule has 0 saturated heterocycles. The Kier molecular flexibility index (Phi) is 4.65. The van der Waals surface area contributed by atoms with Crippen molar-refractivity contribution in [3.05, 3.63) is 24.3 Å². The third-order valence-electron chi connectivity index (χ3n) is 3.90. The highest BCUT2D eigenvalue weighted by molar-refractivity contribution is 5.99. The van der Waals surface area contributed by atoms with Crippen molar-refractivity contribution < 1.29 is 4.79 Å². The zero-order chi connectivity index (χ0) is 14.7. The first-order chi connectivity index (χ1) is 9.54. The molecule has 2 rings (SSSR count). The van der Waals surface area contributed by atoms with E-state index in [-0.39, 0.29) is 11.8 Å². The van der Waals surface area contributed by atoms with E-state index >= 15 is 0 Å². The highest BCUT2D eigenvalue weighted by atomic mass is 16.2. The second-order valence-corrected chi connectivity index (χ2v) is 5.96. The van der Waals surface area contributed by atoms with Crippen molar-refractivity contribution in [3.8, 4) is 0 Å². The van der Waals surface area contributed by atoms with Gasteiger partial charge in [0.25, 0.3) is 0 Å². The Bertz CT molecular complexity index is 473. The van der Waals surface area contributed by atoms with Gasteiger partial charge in [0, 0.05) is 26.7 Å². The molecule has 1 aliphatic heterocycles. The van der Waals surface area contributed by atoms with Crippen LogP contribution in [0.1, 0.15) is 20.3 Å². The highest BCUT2D eigenvalue weighted by Gasteiger charge is 2.29. The van der Waals surface area contributed by atoms with Crippen LogP contribution in [0, 0.1) is 11.8 Å². The molecule has 1 atom stereocenters. The number of hydrogen-bond donors (Lipinski definition) is 1. The molecule has 1 aromatic carbocycles. The minimum atomic E-state index is -0.0773. The average molecular weight is 275 g/mol. The Hall–Kier alpha value is -1.55. The van der Waals surface area contributed by atoms with Crippen LogP contribution in [0.3, 0.4) is 0 Å². The number of anilines is 2. The summed E-state index contributed by atoms with van der Waals surface area (Å²) >= 11 is 0. The number of amides is 1. The lowest BCUT2D eigenvalue weighted by atomic mass is 9.95. The smallest absolute Gasteiger partial charge is 0.231 e. The van der Waals surface area contributed by atoms with E-state index in [0.717, 1.165) is 30.9 Å². The van der Waals surface area contributed by atoms with Crippen LogP contribution in [-0.2, 0) is 4.79 Å². The van der Waals surface area contributed by atoms with Crippen molar-refractivity contribution in [1.29, 1.82) is 0 Å². The quantitative estimate of drug-likeness (QED) is 0.915. The molecular weight excluding hydrogens is 250 g/mol. The van der Waals surface area contributed by atoms with E-state index in [2.05, 4.69) is 31.9 Å². The number of benzene rings is 1. The Morgan fingerprint density at radius 3 is 2.50 bits per heavy atom.